The van der Waals surface area contributed by atoms with Crippen LogP contribution in [-0.4, -0.2) is 130 Å². The van der Waals surface area contributed by atoms with Gasteiger partial charge in [0.2, 0.25) is 7.37 Å². The van der Waals surface area contributed by atoms with E-state index in [1.54, 1.807) is 11.0 Å². The maximum absolute atomic E-state index is 12.0. The van der Waals surface area contributed by atoms with Gasteiger partial charge in [-0.3, -0.25) is 33.8 Å². The molecule has 1 atom stereocenters. The van der Waals surface area contributed by atoms with Crippen LogP contribution in [0.5, 0.6) is 0 Å². The Kier molecular flexibility index (Phi) is 11.2. The second-order valence-corrected chi connectivity index (χ2v) is 11.2. The molecule has 1 aliphatic rings. The topological polar surface area (TPSA) is 138 Å². The third-order valence-electron chi connectivity index (χ3n) is 5.27. The molecule has 1 aliphatic heterocycles. The lowest BCUT2D eigenvalue weighted by molar-refractivity contribution is -0.139. The number of aliphatic carboxylic acids is 2. The van der Waals surface area contributed by atoms with Gasteiger partial charge in [-0.1, -0.05) is 17.7 Å². The Morgan fingerprint density at radius 3 is 1.79 bits per heavy atom. The summed E-state index contributed by atoms with van der Waals surface area (Å²) in [5, 5.41) is 19.0. The van der Waals surface area contributed by atoms with E-state index in [0.29, 0.717) is 64.1 Å². The number of carbonyl (C=O) groups is 2. The highest BCUT2D eigenvalue weighted by atomic mass is 35.5. The van der Waals surface area contributed by atoms with Gasteiger partial charge in [0.15, 0.2) is 0 Å². The number of pyridine rings is 1. The molecule has 1 saturated heterocycles. The highest BCUT2D eigenvalue weighted by Gasteiger charge is 2.22. The maximum Gasteiger partial charge on any atom is 0.317 e. The molecule has 0 spiro atoms. The van der Waals surface area contributed by atoms with Crippen LogP contribution in [0.2, 0.25) is 5.15 Å². The Morgan fingerprint density at radius 2 is 1.36 bits per heavy atom. The maximum atomic E-state index is 12.0. The Morgan fingerprint density at radius 1 is 0.909 bits per heavy atom. The molecule has 0 amide bonds. The fraction of sp³-hybridized carbons (Fsp3) is 0.650. The summed E-state index contributed by atoms with van der Waals surface area (Å²) in [5.74, 6) is -1.87. The van der Waals surface area contributed by atoms with Crippen LogP contribution < -0.4 is 0 Å². The first-order valence-corrected chi connectivity index (χ1v) is 13.4. The minimum atomic E-state index is -3.33. The Hall–Kier alpha value is -1.59. The van der Waals surface area contributed by atoms with Crippen LogP contribution in [0.3, 0.4) is 0 Å². The van der Waals surface area contributed by atoms with E-state index < -0.39 is 19.3 Å². The monoisotopic (exact) mass is 505 g/mol. The van der Waals surface area contributed by atoms with Gasteiger partial charge in [-0.15, -0.1) is 0 Å². The van der Waals surface area contributed by atoms with Crippen molar-refractivity contribution in [2.45, 2.75) is 6.54 Å². The van der Waals surface area contributed by atoms with Crippen molar-refractivity contribution in [3.05, 3.63) is 29.0 Å². The minimum Gasteiger partial charge on any atom is -0.480 e. The smallest absolute Gasteiger partial charge is 0.317 e. The number of halogens is 1. The minimum absolute atomic E-state index is 0.0264. The Balaban J connectivity index is 2.18. The van der Waals surface area contributed by atoms with Crippen LogP contribution in [0, 0.1) is 0 Å². The predicted octanol–water partition coefficient (Wildman–Crippen LogP) is 0.484. The molecule has 0 aromatic carbocycles. The predicted molar refractivity (Wildman–Crippen MR) is 125 cm³/mol. The molecule has 1 aromatic rings. The lowest BCUT2D eigenvalue weighted by Crippen LogP contribution is -2.47. The van der Waals surface area contributed by atoms with Gasteiger partial charge in [-0.2, -0.15) is 0 Å². The summed E-state index contributed by atoms with van der Waals surface area (Å²) in [5.41, 5.74) is 0.775. The molecule has 3 N–H and O–H groups in total. The van der Waals surface area contributed by atoms with Gasteiger partial charge >= 0.3 is 11.9 Å². The number of carboxylic acids is 2. The summed E-state index contributed by atoms with van der Waals surface area (Å²) in [6.07, 6.45) is -0.0264. The third-order valence-corrected chi connectivity index (χ3v) is 6.40. The quantitative estimate of drug-likeness (QED) is 0.336. The molecule has 186 valence electrons. The average molecular weight is 506 g/mol. The highest BCUT2D eigenvalue weighted by Crippen LogP contribution is 2.35. The van der Waals surface area contributed by atoms with E-state index in [2.05, 4.69) is 9.88 Å². The molecule has 0 radical (unpaired) electrons. The summed E-state index contributed by atoms with van der Waals surface area (Å²) >= 11 is 6.01. The molecule has 33 heavy (non-hydrogen) atoms. The van der Waals surface area contributed by atoms with E-state index >= 15 is 0 Å². The molecule has 13 heteroatoms. The van der Waals surface area contributed by atoms with Gasteiger partial charge < -0.3 is 15.1 Å². The molecular formula is C20H33ClN5O6P. The molecular weight excluding hydrogens is 473 g/mol. The molecule has 0 bridgehead atoms. The van der Waals surface area contributed by atoms with E-state index in [1.807, 2.05) is 21.9 Å². The van der Waals surface area contributed by atoms with Crippen molar-refractivity contribution in [3.8, 4) is 0 Å². The average Bonchev–Trinajstić information content (AvgIpc) is 2.68. The SMILES string of the molecule is CP(=O)(O)CN1CCN(CC(=O)O)CCN(Cc2cccc(Cl)n2)CCN(CC(=O)O)CC1. The van der Waals surface area contributed by atoms with Crippen molar-refractivity contribution in [1.29, 1.82) is 0 Å². The lowest BCUT2D eigenvalue weighted by atomic mass is 10.3. The van der Waals surface area contributed by atoms with Crippen molar-refractivity contribution in [2.75, 3.05) is 78.4 Å². The van der Waals surface area contributed by atoms with Gasteiger partial charge in [0.05, 0.1) is 25.1 Å². The van der Waals surface area contributed by atoms with Crippen LogP contribution in [0.15, 0.2) is 18.2 Å². The van der Waals surface area contributed by atoms with Crippen LogP contribution in [0.1, 0.15) is 5.69 Å². The van der Waals surface area contributed by atoms with Crippen molar-refractivity contribution in [2.24, 2.45) is 0 Å². The molecule has 2 heterocycles. The fourth-order valence-electron chi connectivity index (χ4n) is 3.72. The normalized spacial score (nSPS) is 20.5. The third kappa shape index (κ3) is 11.9. The van der Waals surface area contributed by atoms with E-state index in [0.717, 1.165) is 5.69 Å². The van der Waals surface area contributed by atoms with Gasteiger partial charge in [-0.05, 0) is 12.1 Å². The Bertz CT molecular complexity index is 809. The molecule has 1 unspecified atom stereocenters. The number of aromatic nitrogens is 1. The number of rotatable bonds is 8. The summed E-state index contributed by atoms with van der Waals surface area (Å²) in [4.78, 5) is 44.4. The summed E-state index contributed by atoms with van der Waals surface area (Å²) in [7, 11) is -3.33. The zero-order valence-electron chi connectivity index (χ0n) is 18.8. The van der Waals surface area contributed by atoms with Crippen LogP contribution in [0.4, 0.5) is 0 Å². The summed E-state index contributed by atoms with van der Waals surface area (Å²) in [6.45, 7) is 5.20. The van der Waals surface area contributed by atoms with Gasteiger partial charge in [0, 0.05) is 65.6 Å². The second-order valence-electron chi connectivity index (χ2n) is 8.38. The number of carboxylic acid groups (broad SMARTS) is 2. The first kappa shape index (κ1) is 27.7. The largest absolute Gasteiger partial charge is 0.480 e. The van der Waals surface area contributed by atoms with E-state index in [-0.39, 0.29) is 19.4 Å². The van der Waals surface area contributed by atoms with E-state index in [4.69, 9.17) is 11.6 Å². The highest BCUT2D eigenvalue weighted by molar-refractivity contribution is 7.57. The van der Waals surface area contributed by atoms with Gasteiger partial charge in [0.1, 0.15) is 5.15 Å². The van der Waals surface area contributed by atoms with Crippen molar-refractivity contribution in [1.82, 2.24) is 24.6 Å². The first-order chi connectivity index (χ1) is 15.5. The zero-order chi connectivity index (χ0) is 24.4. The van der Waals surface area contributed by atoms with Crippen LogP contribution in [-0.2, 0) is 20.7 Å². The van der Waals surface area contributed by atoms with Gasteiger partial charge in [-0.25, -0.2) is 4.98 Å². The molecule has 1 fully saturated rings. The number of hydrogen-bond acceptors (Lipinski definition) is 8. The number of hydrogen-bond donors (Lipinski definition) is 3. The molecule has 11 nitrogen and oxygen atoms in total. The van der Waals surface area contributed by atoms with E-state index in [9.17, 15) is 29.3 Å². The first-order valence-electron chi connectivity index (χ1n) is 10.7. The summed E-state index contributed by atoms with van der Waals surface area (Å²) < 4.78 is 12.0. The lowest BCUT2D eigenvalue weighted by Gasteiger charge is -2.33. The van der Waals surface area contributed by atoms with Crippen LogP contribution in [0.25, 0.3) is 0 Å². The standard InChI is InChI=1S/C20H33ClN5O6P/c1-33(31,32)16-26-11-9-24(14-19(27)28)7-5-23(13-17-3-2-4-18(21)22-17)6-8-25(10-12-26)15-20(29)30/h2-4H,5-16H2,1H3,(H,27,28)(H,29,30)(H,31,32). The summed E-state index contributed by atoms with van der Waals surface area (Å²) in [6, 6.07) is 5.37. The molecule has 2 rings (SSSR count). The fourth-order valence-corrected chi connectivity index (χ4v) is 4.92. The molecule has 0 saturated carbocycles. The second kappa shape index (κ2) is 13.3. The number of nitrogens with zero attached hydrogens (tertiary/aromatic N) is 5. The van der Waals surface area contributed by atoms with Crippen molar-refractivity contribution >= 4 is 30.9 Å². The van der Waals surface area contributed by atoms with Crippen molar-refractivity contribution < 1.29 is 29.3 Å². The van der Waals surface area contributed by atoms with Crippen molar-refractivity contribution in [3.63, 3.8) is 0 Å². The van der Waals surface area contributed by atoms with Crippen LogP contribution >= 0.6 is 19.0 Å². The Labute approximate surface area is 199 Å². The van der Waals surface area contributed by atoms with Gasteiger partial charge in [0.25, 0.3) is 0 Å². The zero-order valence-corrected chi connectivity index (χ0v) is 20.5. The molecule has 0 aliphatic carbocycles. The van der Waals surface area contributed by atoms with E-state index in [1.165, 1.54) is 6.66 Å². The molecule has 1 aromatic heterocycles.